The number of hydroxylamine groups is 1. The number of rotatable bonds is 25. The van der Waals surface area contributed by atoms with E-state index in [0.717, 1.165) is 49.2 Å². The third-order valence-electron chi connectivity index (χ3n) is 8.24. The summed E-state index contributed by atoms with van der Waals surface area (Å²) < 4.78 is 25.4. The van der Waals surface area contributed by atoms with Crippen molar-refractivity contribution in [3.05, 3.63) is 71.9 Å². The molecule has 16 heteroatoms. The van der Waals surface area contributed by atoms with Gasteiger partial charge >= 0.3 is 0 Å². The maximum absolute atomic E-state index is 13.5. The normalized spacial score (nSPS) is 14.7. The third kappa shape index (κ3) is 14.6. The molecule has 3 rings (SSSR count). The summed E-state index contributed by atoms with van der Waals surface area (Å²) in [6, 6.07) is 13.6. The molecule has 2 aromatic rings. The van der Waals surface area contributed by atoms with Gasteiger partial charge in [0.2, 0.25) is 27.5 Å². The number of aliphatic imine (C=N–C) groups is 1. The second kappa shape index (κ2) is 22.2. The fraction of sp³-hybridized carbons (Fsp3) is 0.472. The van der Waals surface area contributed by atoms with Crippen LogP contribution in [0.15, 0.2) is 70.7 Å². The number of nitrogens with zero attached hydrogens (tertiary/aromatic N) is 2. The molecular weight excluding hydrogens is 705 g/mol. The van der Waals surface area contributed by atoms with Crippen LogP contribution in [-0.2, 0) is 29.2 Å². The Morgan fingerprint density at radius 2 is 1.50 bits per heavy atom. The van der Waals surface area contributed by atoms with E-state index in [-0.39, 0.29) is 42.0 Å². The fourth-order valence-corrected chi connectivity index (χ4v) is 6.02. The summed E-state index contributed by atoms with van der Waals surface area (Å²) in [5, 5.41) is 13.3. The summed E-state index contributed by atoms with van der Waals surface area (Å²) >= 11 is 3.90. The fourth-order valence-electron chi connectivity index (χ4n) is 5.40. The largest absolute Gasteiger partial charge is 0.379 e. The average Bonchev–Trinajstić information content (AvgIpc) is 3.53. The summed E-state index contributed by atoms with van der Waals surface area (Å²) in [6.07, 6.45) is 9.32. The van der Waals surface area contributed by atoms with Crippen LogP contribution >= 0.6 is 12.6 Å². The number of ketones is 1. The topological polar surface area (TPSA) is 210 Å². The van der Waals surface area contributed by atoms with Crippen molar-refractivity contribution < 1.29 is 32.2 Å². The van der Waals surface area contributed by atoms with Gasteiger partial charge in [0, 0.05) is 29.9 Å². The Labute approximate surface area is 312 Å². The molecule has 0 fully saturated rings. The zero-order valence-electron chi connectivity index (χ0n) is 29.8. The van der Waals surface area contributed by atoms with Gasteiger partial charge in [-0.05, 0) is 68.3 Å². The van der Waals surface area contributed by atoms with Gasteiger partial charge in [-0.15, -0.1) is 0 Å². The van der Waals surface area contributed by atoms with Crippen molar-refractivity contribution in [1.82, 2.24) is 21.4 Å². The lowest BCUT2D eigenvalue weighted by Gasteiger charge is -2.18. The number of amides is 2. The van der Waals surface area contributed by atoms with Gasteiger partial charge in [0.25, 0.3) is 6.17 Å². The molecule has 0 saturated heterocycles. The monoisotopic (exact) mass is 757 g/mol. The zero-order chi connectivity index (χ0) is 37.9. The van der Waals surface area contributed by atoms with Gasteiger partial charge < -0.3 is 21.7 Å². The van der Waals surface area contributed by atoms with E-state index in [2.05, 4.69) is 40.6 Å². The number of carbonyl (C=O) groups is 3. The Morgan fingerprint density at radius 1 is 0.885 bits per heavy atom. The highest BCUT2D eigenvalue weighted by molar-refractivity contribution is 7.89. The third-order valence-corrected chi connectivity index (χ3v) is 9.46. The number of hydrogen-bond acceptors (Lipinski definition) is 11. The SMILES string of the molecule is C=C(CNC(=O)CS)NCC(=O)NCC(=O)C(ONCCCCCCCCCCN)c1ccc([N+]2=CC(C)=NC2c2ccc(S(N)(=O)=O)cc2)cc1. The molecule has 1 heterocycles. The van der Waals surface area contributed by atoms with Crippen LogP contribution in [0, 0.1) is 0 Å². The van der Waals surface area contributed by atoms with E-state index in [0.29, 0.717) is 17.8 Å². The van der Waals surface area contributed by atoms with Gasteiger partial charge in [0.05, 0.1) is 30.3 Å². The minimum Gasteiger partial charge on any atom is -0.379 e. The smallest absolute Gasteiger partial charge is 0.278 e. The van der Waals surface area contributed by atoms with Gasteiger partial charge in [-0.25, -0.2) is 24.0 Å². The van der Waals surface area contributed by atoms with E-state index in [1.807, 2.05) is 29.8 Å². The lowest BCUT2D eigenvalue weighted by Crippen LogP contribution is -2.40. The molecule has 1 aliphatic rings. The van der Waals surface area contributed by atoms with Crippen LogP contribution in [-0.4, -0.2) is 81.0 Å². The highest BCUT2D eigenvalue weighted by Crippen LogP contribution is 2.31. The van der Waals surface area contributed by atoms with E-state index in [4.69, 9.17) is 20.7 Å². The quantitative estimate of drug-likeness (QED) is 0.0343. The first-order valence-electron chi connectivity index (χ1n) is 17.5. The Kier molecular flexibility index (Phi) is 18.1. The highest BCUT2D eigenvalue weighted by atomic mass is 32.2. The summed E-state index contributed by atoms with van der Waals surface area (Å²) in [5.74, 6) is -1.01. The van der Waals surface area contributed by atoms with Crippen LogP contribution in [0.5, 0.6) is 0 Å². The van der Waals surface area contributed by atoms with Crippen LogP contribution in [0.4, 0.5) is 5.69 Å². The molecule has 8 N–H and O–H groups in total. The van der Waals surface area contributed by atoms with Crippen molar-refractivity contribution in [2.45, 2.75) is 75.5 Å². The van der Waals surface area contributed by atoms with Gasteiger partial charge in [0.15, 0.2) is 18.1 Å². The lowest BCUT2D eigenvalue weighted by molar-refractivity contribution is -0.479. The predicted molar refractivity (Wildman–Crippen MR) is 206 cm³/mol. The number of Topliss-reactive ketones (excluding diaryl/α,β-unsaturated/α-hetero) is 1. The first-order valence-corrected chi connectivity index (χ1v) is 19.7. The molecule has 1 aliphatic heterocycles. The minimum atomic E-state index is -3.83. The van der Waals surface area contributed by atoms with Crippen LogP contribution in [0.25, 0.3) is 0 Å². The number of benzene rings is 2. The maximum Gasteiger partial charge on any atom is 0.278 e. The molecule has 2 amide bonds. The van der Waals surface area contributed by atoms with Gasteiger partial charge in [-0.3, -0.25) is 19.2 Å². The second-order valence-corrected chi connectivity index (χ2v) is 14.4. The predicted octanol–water partition coefficient (Wildman–Crippen LogP) is 2.70. The van der Waals surface area contributed by atoms with Crippen molar-refractivity contribution in [2.75, 3.05) is 38.5 Å². The van der Waals surface area contributed by atoms with Crippen molar-refractivity contribution in [3.8, 4) is 0 Å². The summed E-state index contributed by atoms with van der Waals surface area (Å²) in [7, 11) is -3.83. The number of unbranched alkanes of at least 4 members (excludes halogenated alkanes) is 7. The van der Waals surface area contributed by atoms with E-state index < -0.39 is 28.2 Å². The van der Waals surface area contributed by atoms with Crippen molar-refractivity contribution in [3.63, 3.8) is 0 Å². The molecule has 2 unspecified atom stereocenters. The molecule has 14 nitrogen and oxygen atoms in total. The number of primary sulfonamides is 1. The van der Waals surface area contributed by atoms with E-state index in [9.17, 15) is 22.8 Å². The minimum absolute atomic E-state index is 0.0148. The molecule has 2 atom stereocenters. The van der Waals surface area contributed by atoms with Gasteiger partial charge in [-0.1, -0.05) is 45.1 Å². The molecule has 52 heavy (non-hydrogen) atoms. The lowest BCUT2D eigenvalue weighted by atomic mass is 10.0. The molecule has 0 aliphatic carbocycles. The Bertz CT molecular complexity index is 1660. The Morgan fingerprint density at radius 3 is 2.12 bits per heavy atom. The number of nitrogens with two attached hydrogens (primary N) is 2. The molecule has 284 valence electrons. The summed E-state index contributed by atoms with van der Waals surface area (Å²) in [5.41, 5.74) is 11.9. The van der Waals surface area contributed by atoms with E-state index >= 15 is 0 Å². The molecule has 0 saturated carbocycles. The molecule has 0 aromatic heterocycles. The number of nitrogens with one attached hydrogen (secondary N) is 4. The Balaban J connectivity index is 1.63. The number of carbonyl (C=O) groups excluding carboxylic acids is 3. The van der Waals surface area contributed by atoms with E-state index in [1.165, 1.54) is 37.8 Å². The van der Waals surface area contributed by atoms with Crippen molar-refractivity contribution in [2.24, 2.45) is 15.9 Å². The van der Waals surface area contributed by atoms with Crippen LogP contribution in [0.3, 0.4) is 0 Å². The summed E-state index contributed by atoms with van der Waals surface area (Å²) in [6.45, 7) is 6.69. The number of thiol groups is 1. The molecular formula is C36H53N8O6S2+. The summed E-state index contributed by atoms with van der Waals surface area (Å²) in [4.78, 5) is 48.0. The molecule has 0 bridgehead atoms. The number of sulfonamides is 1. The standard InChI is InChI=1S/C36H52N8O6S2/c1-26(21-40-34(47)25-51)39-23-33(46)41-22-32(45)35(50-42-20-10-8-6-4-3-5-7-9-19-37)28-11-15-30(16-12-28)44-24-27(2)43-36(44)29-13-17-31(18-14-29)52(38,48)49/h11-18,24,35-36,39,42H,1,3-10,19-23,25,37H2,2H3,(H4-,38,40,41,46,47,48,49,51)/p+1. The second-order valence-electron chi connectivity index (χ2n) is 12.5. The van der Waals surface area contributed by atoms with Crippen LogP contribution in [0.2, 0.25) is 0 Å². The molecule has 0 spiro atoms. The van der Waals surface area contributed by atoms with E-state index in [1.54, 1.807) is 24.3 Å². The average molecular weight is 758 g/mol. The van der Waals surface area contributed by atoms with Crippen LogP contribution in [0.1, 0.15) is 81.7 Å². The zero-order valence-corrected chi connectivity index (χ0v) is 31.5. The Hall–Kier alpha value is -3.93. The van der Waals surface area contributed by atoms with Crippen molar-refractivity contribution in [1.29, 1.82) is 0 Å². The van der Waals surface area contributed by atoms with Gasteiger partial charge in [-0.2, -0.15) is 17.2 Å². The number of hydrogen-bond donors (Lipinski definition) is 7. The highest BCUT2D eigenvalue weighted by Gasteiger charge is 2.31. The molecule has 2 aromatic carbocycles. The first-order chi connectivity index (χ1) is 24.9. The van der Waals surface area contributed by atoms with Gasteiger partial charge in [0.1, 0.15) is 5.71 Å². The first kappa shape index (κ1) is 42.5. The maximum atomic E-state index is 13.5. The van der Waals surface area contributed by atoms with Crippen LogP contribution < -0.4 is 32.3 Å². The molecule has 0 radical (unpaired) electrons. The van der Waals surface area contributed by atoms with Crippen molar-refractivity contribution >= 4 is 57.9 Å².